The molecule has 104 valence electrons. The third kappa shape index (κ3) is 3.10. The van der Waals surface area contributed by atoms with Crippen LogP contribution in [0.15, 0.2) is 34.8 Å². The third-order valence-corrected chi connectivity index (χ3v) is 3.93. The van der Waals surface area contributed by atoms with Crippen LogP contribution in [-0.2, 0) is 0 Å². The van der Waals surface area contributed by atoms with E-state index in [1.807, 2.05) is 52.0 Å². The molecule has 0 fully saturated rings. The summed E-state index contributed by atoms with van der Waals surface area (Å²) in [5.74, 6) is -0.0705. The van der Waals surface area contributed by atoms with Gasteiger partial charge in [-0.3, -0.25) is 4.79 Å². The number of hydrogen-bond donors (Lipinski definition) is 1. The summed E-state index contributed by atoms with van der Waals surface area (Å²) in [6, 6.07) is 9.97. The Balaban J connectivity index is 2.35. The van der Waals surface area contributed by atoms with E-state index in [1.54, 1.807) is 0 Å². The normalized spacial score (nSPS) is 10.4. The van der Waals surface area contributed by atoms with Gasteiger partial charge in [0.2, 0.25) is 0 Å². The van der Waals surface area contributed by atoms with Gasteiger partial charge in [0.05, 0.1) is 5.69 Å². The molecule has 2 nitrogen and oxygen atoms in total. The number of carbonyl (C=O) groups excluding carboxylic acids is 1. The molecule has 0 aliphatic rings. The van der Waals surface area contributed by atoms with Crippen LogP contribution in [0.2, 0.25) is 0 Å². The van der Waals surface area contributed by atoms with Crippen molar-refractivity contribution in [1.29, 1.82) is 0 Å². The first-order valence-electron chi connectivity index (χ1n) is 6.54. The number of rotatable bonds is 2. The van der Waals surface area contributed by atoms with Gasteiger partial charge in [-0.05, 0) is 72.4 Å². The van der Waals surface area contributed by atoms with Crippen LogP contribution in [0.4, 0.5) is 5.69 Å². The largest absolute Gasteiger partial charge is 0.321 e. The summed E-state index contributed by atoms with van der Waals surface area (Å²) in [6.45, 7) is 7.97. The number of halogens is 1. The molecular formula is C17H18BrNO. The Kier molecular flexibility index (Phi) is 4.29. The monoisotopic (exact) mass is 331 g/mol. The van der Waals surface area contributed by atoms with E-state index < -0.39 is 0 Å². The van der Waals surface area contributed by atoms with Crippen LogP contribution >= 0.6 is 15.9 Å². The number of nitrogens with one attached hydrogen (secondary N) is 1. The van der Waals surface area contributed by atoms with Gasteiger partial charge in [-0.1, -0.05) is 23.8 Å². The molecule has 0 spiro atoms. The lowest BCUT2D eigenvalue weighted by molar-refractivity contribution is 0.102. The van der Waals surface area contributed by atoms with Crippen molar-refractivity contribution in [1.82, 2.24) is 0 Å². The summed E-state index contributed by atoms with van der Waals surface area (Å²) in [5, 5.41) is 3.00. The second-order valence-corrected chi connectivity index (χ2v) is 6.07. The van der Waals surface area contributed by atoms with Crippen molar-refractivity contribution in [2.24, 2.45) is 0 Å². The molecule has 0 saturated carbocycles. The molecule has 0 heterocycles. The Morgan fingerprint density at radius 1 is 0.950 bits per heavy atom. The summed E-state index contributed by atoms with van der Waals surface area (Å²) in [4.78, 5) is 12.4. The second-order valence-electron chi connectivity index (χ2n) is 5.21. The molecule has 1 amide bonds. The van der Waals surface area contributed by atoms with Crippen molar-refractivity contribution in [2.45, 2.75) is 27.7 Å². The van der Waals surface area contributed by atoms with Gasteiger partial charge in [0.15, 0.2) is 0 Å². The van der Waals surface area contributed by atoms with Gasteiger partial charge in [0.1, 0.15) is 0 Å². The molecular weight excluding hydrogens is 314 g/mol. The van der Waals surface area contributed by atoms with E-state index in [4.69, 9.17) is 0 Å². The Bertz CT molecular complexity index is 654. The summed E-state index contributed by atoms with van der Waals surface area (Å²) in [5.41, 5.74) is 5.84. The van der Waals surface area contributed by atoms with Crippen LogP contribution in [-0.4, -0.2) is 5.91 Å². The fourth-order valence-corrected chi connectivity index (χ4v) is 3.01. The maximum absolute atomic E-state index is 12.4. The van der Waals surface area contributed by atoms with Crippen molar-refractivity contribution in [2.75, 3.05) is 5.32 Å². The molecule has 2 rings (SSSR count). The van der Waals surface area contributed by atoms with E-state index >= 15 is 0 Å². The fourth-order valence-electron chi connectivity index (χ4n) is 2.24. The molecule has 3 heteroatoms. The minimum atomic E-state index is -0.0705. The SMILES string of the molecule is Cc1cc(C)c(NC(=O)c2cc(C)ccc2C)c(Br)c1. The molecule has 0 unspecified atom stereocenters. The van der Waals surface area contributed by atoms with Gasteiger partial charge in [0.25, 0.3) is 5.91 Å². The average Bonchev–Trinajstić information content (AvgIpc) is 2.36. The van der Waals surface area contributed by atoms with Crippen LogP contribution in [0.25, 0.3) is 0 Å². The van der Waals surface area contributed by atoms with Crippen molar-refractivity contribution in [3.05, 3.63) is 62.6 Å². The van der Waals surface area contributed by atoms with Gasteiger partial charge in [-0.2, -0.15) is 0 Å². The zero-order valence-corrected chi connectivity index (χ0v) is 13.8. The molecule has 0 aromatic heterocycles. The van der Waals surface area contributed by atoms with E-state index in [0.29, 0.717) is 0 Å². The molecule has 0 radical (unpaired) electrons. The number of benzene rings is 2. The van der Waals surface area contributed by atoms with Gasteiger partial charge in [-0.15, -0.1) is 0 Å². The number of anilines is 1. The number of carbonyl (C=O) groups is 1. The van der Waals surface area contributed by atoms with Crippen molar-refractivity contribution < 1.29 is 4.79 Å². The number of amides is 1. The van der Waals surface area contributed by atoms with E-state index in [2.05, 4.69) is 27.3 Å². The standard InChI is InChI=1S/C17H18BrNO/c1-10-5-6-12(3)14(8-10)17(20)19-16-13(4)7-11(2)9-15(16)18/h5-9H,1-4H3,(H,19,20). The van der Waals surface area contributed by atoms with Gasteiger partial charge >= 0.3 is 0 Å². The molecule has 0 atom stereocenters. The Morgan fingerprint density at radius 3 is 2.30 bits per heavy atom. The van der Waals surface area contributed by atoms with Gasteiger partial charge in [0, 0.05) is 10.0 Å². The first-order valence-corrected chi connectivity index (χ1v) is 7.33. The summed E-state index contributed by atoms with van der Waals surface area (Å²) < 4.78 is 0.911. The lowest BCUT2D eigenvalue weighted by Crippen LogP contribution is -2.15. The second kappa shape index (κ2) is 5.80. The molecule has 1 N–H and O–H groups in total. The average molecular weight is 332 g/mol. The van der Waals surface area contributed by atoms with Crippen molar-refractivity contribution in [3.63, 3.8) is 0 Å². The minimum absolute atomic E-state index is 0.0705. The lowest BCUT2D eigenvalue weighted by Gasteiger charge is -2.13. The maximum atomic E-state index is 12.4. The lowest BCUT2D eigenvalue weighted by atomic mass is 10.0. The van der Waals surface area contributed by atoms with Crippen LogP contribution in [0, 0.1) is 27.7 Å². The van der Waals surface area contributed by atoms with Gasteiger partial charge < -0.3 is 5.32 Å². The van der Waals surface area contributed by atoms with Crippen molar-refractivity contribution >= 4 is 27.5 Å². The molecule has 0 bridgehead atoms. The Morgan fingerprint density at radius 2 is 1.65 bits per heavy atom. The van der Waals surface area contributed by atoms with Crippen LogP contribution in [0.5, 0.6) is 0 Å². The predicted molar refractivity (Wildman–Crippen MR) is 87.5 cm³/mol. The van der Waals surface area contributed by atoms with E-state index in [0.717, 1.165) is 32.4 Å². The minimum Gasteiger partial charge on any atom is -0.321 e. The number of hydrogen-bond acceptors (Lipinski definition) is 1. The van der Waals surface area contributed by atoms with Crippen LogP contribution in [0.3, 0.4) is 0 Å². The topological polar surface area (TPSA) is 29.1 Å². The molecule has 20 heavy (non-hydrogen) atoms. The van der Waals surface area contributed by atoms with Crippen molar-refractivity contribution in [3.8, 4) is 0 Å². The summed E-state index contributed by atoms with van der Waals surface area (Å²) in [6.07, 6.45) is 0. The fraction of sp³-hybridized carbons (Fsp3) is 0.235. The van der Waals surface area contributed by atoms with E-state index in [-0.39, 0.29) is 5.91 Å². The highest BCUT2D eigenvalue weighted by Crippen LogP contribution is 2.28. The van der Waals surface area contributed by atoms with Gasteiger partial charge in [-0.25, -0.2) is 0 Å². The predicted octanol–water partition coefficient (Wildman–Crippen LogP) is 4.94. The molecule has 0 aliphatic carbocycles. The Labute approximate surface area is 128 Å². The third-order valence-electron chi connectivity index (χ3n) is 3.31. The smallest absolute Gasteiger partial charge is 0.255 e. The first-order chi connectivity index (χ1) is 9.38. The van der Waals surface area contributed by atoms with Crippen LogP contribution in [0.1, 0.15) is 32.6 Å². The van der Waals surface area contributed by atoms with E-state index in [1.165, 1.54) is 5.56 Å². The molecule has 0 aliphatic heterocycles. The first kappa shape index (κ1) is 14.8. The molecule has 2 aromatic rings. The molecule has 2 aromatic carbocycles. The summed E-state index contributed by atoms with van der Waals surface area (Å²) >= 11 is 3.52. The highest BCUT2D eigenvalue weighted by Gasteiger charge is 2.13. The number of aryl methyl sites for hydroxylation is 4. The van der Waals surface area contributed by atoms with E-state index in [9.17, 15) is 4.79 Å². The Hall–Kier alpha value is -1.61. The van der Waals surface area contributed by atoms with Crippen LogP contribution < -0.4 is 5.32 Å². The zero-order valence-electron chi connectivity index (χ0n) is 12.2. The quantitative estimate of drug-likeness (QED) is 0.830. The highest BCUT2D eigenvalue weighted by atomic mass is 79.9. The molecule has 0 saturated heterocycles. The zero-order chi connectivity index (χ0) is 14.9. The summed E-state index contributed by atoms with van der Waals surface area (Å²) in [7, 11) is 0. The maximum Gasteiger partial charge on any atom is 0.255 e. The highest BCUT2D eigenvalue weighted by molar-refractivity contribution is 9.10.